The van der Waals surface area contributed by atoms with Crippen molar-refractivity contribution >= 4 is 46.6 Å². The number of aliphatic carboxylic acids is 2. The van der Waals surface area contributed by atoms with Crippen LogP contribution in [0, 0.1) is 11.7 Å². The van der Waals surface area contributed by atoms with E-state index in [0.29, 0.717) is 5.92 Å². The predicted molar refractivity (Wildman–Crippen MR) is 163 cm³/mol. The highest BCUT2D eigenvalue weighted by molar-refractivity contribution is 7.80. The van der Waals surface area contributed by atoms with Crippen molar-refractivity contribution in [3.8, 4) is 5.75 Å². The van der Waals surface area contributed by atoms with Gasteiger partial charge in [-0.2, -0.15) is 0 Å². The summed E-state index contributed by atoms with van der Waals surface area (Å²) in [5, 5.41) is 22.2. The fourth-order valence-electron chi connectivity index (χ4n) is 5.67. The van der Waals surface area contributed by atoms with Gasteiger partial charge in [0.25, 0.3) is 5.91 Å². The lowest BCUT2D eigenvalue weighted by Gasteiger charge is -2.31. The number of thiocarbonyl (C=S) groups is 1. The number of hydrogen-bond acceptors (Lipinski definition) is 7. The Bertz CT molecular complexity index is 1490. The van der Waals surface area contributed by atoms with Gasteiger partial charge in [0.2, 0.25) is 0 Å². The van der Waals surface area contributed by atoms with E-state index >= 15 is 0 Å². The highest BCUT2D eigenvalue weighted by Crippen LogP contribution is 2.40. The van der Waals surface area contributed by atoms with Crippen LogP contribution in [0.2, 0.25) is 0 Å². The van der Waals surface area contributed by atoms with Crippen LogP contribution in [0.5, 0.6) is 5.75 Å². The molecule has 0 aromatic heterocycles. The third-order valence-corrected chi connectivity index (χ3v) is 7.96. The van der Waals surface area contributed by atoms with Crippen LogP contribution in [0.1, 0.15) is 49.7 Å². The van der Waals surface area contributed by atoms with E-state index in [2.05, 4.69) is 27.2 Å². The summed E-state index contributed by atoms with van der Waals surface area (Å²) in [5.41, 5.74) is 6.66. The number of carboxylic acid groups (broad SMARTS) is 2. The van der Waals surface area contributed by atoms with Gasteiger partial charge in [-0.15, -0.1) is 0 Å². The zero-order valence-electron chi connectivity index (χ0n) is 24.0. The Morgan fingerprint density at radius 3 is 2.44 bits per heavy atom. The third kappa shape index (κ3) is 7.54. The van der Waals surface area contributed by atoms with Crippen molar-refractivity contribution in [2.45, 2.75) is 38.5 Å². The van der Waals surface area contributed by atoms with Crippen LogP contribution in [0.4, 0.5) is 10.1 Å². The van der Waals surface area contributed by atoms with E-state index in [1.165, 1.54) is 31.5 Å². The molecule has 1 fully saturated rings. The SMILES string of the molecule is COc1cccc(C2CCN(CC(=O)NNC(=S)Nc3cc(C4C(C(=O)O)=C(C)N=C(C)C4C(=O)O)ccc3F)CC2)c1. The highest BCUT2D eigenvalue weighted by atomic mass is 32.1. The lowest BCUT2D eigenvalue weighted by molar-refractivity contribution is -0.140. The van der Waals surface area contributed by atoms with E-state index in [9.17, 15) is 29.0 Å². The number of amides is 1. The number of piperidine rings is 1. The summed E-state index contributed by atoms with van der Waals surface area (Å²) < 4.78 is 20.1. The minimum absolute atomic E-state index is 0.109. The molecular weight excluding hydrogens is 577 g/mol. The van der Waals surface area contributed by atoms with Gasteiger partial charge in [0, 0.05) is 17.3 Å². The number of hydrazine groups is 1. The lowest BCUT2D eigenvalue weighted by Crippen LogP contribution is -2.48. The Hall–Kier alpha value is -4.36. The number of ether oxygens (including phenoxy) is 1. The van der Waals surface area contributed by atoms with Crippen LogP contribution in [0.3, 0.4) is 0 Å². The second-order valence-corrected chi connectivity index (χ2v) is 11.0. The molecule has 2 aromatic carbocycles. The molecule has 0 saturated carbocycles. The van der Waals surface area contributed by atoms with Crippen molar-refractivity contribution in [2.24, 2.45) is 10.9 Å². The Morgan fingerprint density at radius 1 is 1.07 bits per heavy atom. The topological polar surface area (TPSA) is 153 Å². The third-order valence-electron chi connectivity index (χ3n) is 7.76. The van der Waals surface area contributed by atoms with Gasteiger partial charge in [0.05, 0.1) is 24.9 Å². The summed E-state index contributed by atoms with van der Waals surface area (Å²) in [5.74, 6) is -4.75. The molecule has 2 aliphatic heterocycles. The number of benzene rings is 2. The van der Waals surface area contributed by atoms with Crippen LogP contribution in [0.15, 0.2) is 58.7 Å². The van der Waals surface area contributed by atoms with Crippen LogP contribution < -0.4 is 20.9 Å². The first kappa shape index (κ1) is 31.6. The number of carbonyl (C=O) groups excluding carboxylic acids is 1. The standard InChI is InChI=1S/C30H34FN5O6S/c1-16-25(28(38)39)27(26(29(40)41)17(2)32-16)20-7-8-22(31)23(14-20)33-30(43)35-34-24(37)15-36-11-9-18(10-12-36)19-5-4-6-21(13-19)42-3/h4-8,13-14,18,25,27H,9-12,15H2,1-3H3,(H,34,37)(H,38,39)(H,40,41)(H2,33,35,43). The zero-order valence-corrected chi connectivity index (χ0v) is 24.8. The molecule has 2 aromatic rings. The molecule has 1 amide bonds. The summed E-state index contributed by atoms with van der Waals surface area (Å²) in [7, 11) is 1.64. The Labute approximate surface area is 253 Å². The molecule has 43 heavy (non-hydrogen) atoms. The van der Waals surface area contributed by atoms with Crippen molar-refractivity contribution in [3.05, 3.63) is 70.7 Å². The van der Waals surface area contributed by atoms with E-state index in [1.807, 2.05) is 23.1 Å². The maximum atomic E-state index is 14.7. The van der Waals surface area contributed by atoms with Crippen molar-refractivity contribution in [2.75, 3.05) is 32.1 Å². The average molecular weight is 612 g/mol. The largest absolute Gasteiger partial charge is 0.497 e. The number of rotatable bonds is 8. The van der Waals surface area contributed by atoms with Crippen LogP contribution in [-0.4, -0.2) is 70.5 Å². The number of nitrogens with zero attached hydrogens (tertiary/aromatic N) is 2. The number of methoxy groups -OCH3 is 1. The Morgan fingerprint density at radius 2 is 1.79 bits per heavy atom. The maximum absolute atomic E-state index is 14.7. The molecule has 1 saturated heterocycles. The minimum atomic E-state index is -1.31. The van der Waals surface area contributed by atoms with Crippen molar-refractivity contribution in [3.63, 3.8) is 0 Å². The molecule has 4 rings (SSSR count). The fraction of sp³-hybridized carbons (Fsp3) is 0.367. The average Bonchev–Trinajstić information content (AvgIpc) is 2.96. The molecule has 13 heteroatoms. The summed E-state index contributed by atoms with van der Waals surface area (Å²) in [6.45, 7) is 4.63. The molecule has 0 aliphatic carbocycles. The number of nitrogens with one attached hydrogen (secondary N) is 3. The summed E-state index contributed by atoms with van der Waals surface area (Å²) in [6.07, 6.45) is 1.80. The van der Waals surface area contributed by atoms with Gasteiger partial charge >= 0.3 is 11.9 Å². The summed E-state index contributed by atoms with van der Waals surface area (Å²) in [6, 6.07) is 11.8. The van der Waals surface area contributed by atoms with Gasteiger partial charge in [0.1, 0.15) is 17.5 Å². The first-order valence-corrected chi connectivity index (χ1v) is 14.1. The monoisotopic (exact) mass is 611 g/mol. The second kappa shape index (κ2) is 13.7. The zero-order chi connectivity index (χ0) is 31.3. The molecule has 0 spiro atoms. The van der Waals surface area contributed by atoms with E-state index in [0.717, 1.165) is 37.7 Å². The lowest BCUT2D eigenvalue weighted by atomic mass is 9.75. The van der Waals surface area contributed by atoms with Crippen molar-refractivity contribution in [1.29, 1.82) is 0 Å². The van der Waals surface area contributed by atoms with Gasteiger partial charge < -0.3 is 20.3 Å². The number of aliphatic imine (C=N–C) groups is 1. The number of carbonyl (C=O) groups is 3. The molecule has 0 bridgehead atoms. The van der Waals surface area contributed by atoms with Crippen LogP contribution in [-0.2, 0) is 14.4 Å². The van der Waals surface area contributed by atoms with Gasteiger partial charge in [-0.05, 0) is 93.3 Å². The number of anilines is 1. The molecule has 2 heterocycles. The molecule has 2 aliphatic rings. The van der Waals surface area contributed by atoms with E-state index in [4.69, 9.17) is 17.0 Å². The summed E-state index contributed by atoms with van der Waals surface area (Å²) in [4.78, 5) is 42.9. The van der Waals surface area contributed by atoms with Gasteiger partial charge in [-0.1, -0.05) is 18.2 Å². The van der Waals surface area contributed by atoms with E-state index < -0.39 is 29.6 Å². The highest BCUT2D eigenvalue weighted by Gasteiger charge is 2.41. The van der Waals surface area contributed by atoms with Crippen molar-refractivity contribution < 1.29 is 33.7 Å². The maximum Gasteiger partial charge on any atom is 0.334 e. The number of hydrogen-bond donors (Lipinski definition) is 5. The van der Waals surface area contributed by atoms with Gasteiger partial charge in [-0.25, -0.2) is 9.18 Å². The quantitative estimate of drug-likeness (QED) is 0.221. The first-order chi connectivity index (χ1) is 20.5. The van der Waals surface area contributed by atoms with Crippen LogP contribution >= 0.6 is 12.2 Å². The molecule has 5 N–H and O–H groups in total. The normalized spacial score (nSPS) is 19.3. The molecule has 2 unspecified atom stereocenters. The predicted octanol–water partition coefficient (Wildman–Crippen LogP) is 3.65. The number of allylic oxidation sites excluding steroid dienone is 1. The van der Waals surface area contributed by atoms with Crippen molar-refractivity contribution in [1.82, 2.24) is 15.8 Å². The van der Waals surface area contributed by atoms with Gasteiger partial charge in [0.15, 0.2) is 5.11 Å². The van der Waals surface area contributed by atoms with E-state index in [1.54, 1.807) is 7.11 Å². The molecular formula is C30H34FN5O6S. The molecule has 0 radical (unpaired) electrons. The number of likely N-dealkylation sites (tertiary alicyclic amines) is 1. The number of halogens is 1. The smallest absolute Gasteiger partial charge is 0.334 e. The van der Waals surface area contributed by atoms with Gasteiger partial charge in [-0.3, -0.25) is 30.3 Å². The summed E-state index contributed by atoms with van der Waals surface area (Å²) >= 11 is 5.23. The molecule has 11 nitrogen and oxygen atoms in total. The Balaban J connectivity index is 1.34. The fourth-order valence-corrected chi connectivity index (χ4v) is 5.83. The Kier molecular flexibility index (Phi) is 10.1. The second-order valence-electron chi connectivity index (χ2n) is 10.5. The first-order valence-electron chi connectivity index (χ1n) is 13.7. The minimum Gasteiger partial charge on any atom is -0.497 e. The molecule has 2 atom stereocenters. The number of carboxylic acids is 2. The van der Waals surface area contributed by atoms with Crippen LogP contribution in [0.25, 0.3) is 0 Å². The van der Waals surface area contributed by atoms with E-state index in [-0.39, 0.29) is 45.8 Å². The molecule has 228 valence electrons.